The Labute approximate surface area is 147 Å². The number of rotatable bonds is 4. The van der Waals surface area contributed by atoms with Gasteiger partial charge in [0.15, 0.2) is 5.16 Å². The number of fused-ring (bicyclic) bond motifs is 1. The number of aromatic amines is 1. The number of nitrogens with zero attached hydrogens (tertiary/aromatic N) is 1. The zero-order chi connectivity index (χ0) is 17.8. The highest BCUT2D eigenvalue weighted by molar-refractivity contribution is 7.99. The van der Waals surface area contributed by atoms with Crippen LogP contribution in [0.1, 0.15) is 15.9 Å². The molecule has 2 aromatic carbocycles. The fourth-order valence-corrected chi connectivity index (χ4v) is 2.82. The number of halogens is 1. The summed E-state index contributed by atoms with van der Waals surface area (Å²) in [5.41, 5.74) is 7.71. The van der Waals surface area contributed by atoms with Gasteiger partial charge in [-0.15, -0.1) is 0 Å². The molecule has 1 heterocycles. The van der Waals surface area contributed by atoms with Crippen LogP contribution in [0.3, 0.4) is 0 Å². The van der Waals surface area contributed by atoms with E-state index in [9.17, 15) is 14.0 Å². The van der Waals surface area contributed by atoms with Gasteiger partial charge in [-0.2, -0.15) is 0 Å². The molecule has 0 aliphatic rings. The number of nitrogens with one attached hydrogen (secondary N) is 3. The average Bonchev–Trinajstić information content (AvgIpc) is 3.00. The van der Waals surface area contributed by atoms with Gasteiger partial charge in [0.2, 0.25) is 5.91 Å². The molecule has 0 saturated carbocycles. The van der Waals surface area contributed by atoms with Crippen molar-refractivity contribution in [2.24, 2.45) is 0 Å². The molecule has 2 amide bonds. The van der Waals surface area contributed by atoms with E-state index in [0.717, 1.165) is 16.6 Å². The molecule has 128 valence electrons. The lowest BCUT2D eigenvalue weighted by Crippen LogP contribution is -2.42. The number of benzene rings is 2. The van der Waals surface area contributed by atoms with Crippen LogP contribution in [0.4, 0.5) is 4.39 Å². The first-order valence-corrected chi connectivity index (χ1v) is 8.44. The minimum absolute atomic E-state index is 0.0858. The number of thioether (sulfide) groups is 1. The van der Waals surface area contributed by atoms with E-state index >= 15 is 0 Å². The predicted molar refractivity (Wildman–Crippen MR) is 93.6 cm³/mol. The lowest BCUT2D eigenvalue weighted by atomic mass is 10.2. The Bertz CT molecular complexity index is 924. The van der Waals surface area contributed by atoms with Crippen LogP contribution in [0.15, 0.2) is 47.6 Å². The molecule has 0 bridgehead atoms. The Morgan fingerprint density at radius 3 is 2.68 bits per heavy atom. The third-order valence-corrected chi connectivity index (χ3v) is 4.25. The number of imidazole rings is 1. The van der Waals surface area contributed by atoms with Crippen LogP contribution in [0.5, 0.6) is 0 Å². The fraction of sp³-hybridized carbons (Fsp3) is 0.118. The summed E-state index contributed by atoms with van der Waals surface area (Å²) in [5.74, 6) is -1.24. The van der Waals surface area contributed by atoms with Crippen molar-refractivity contribution in [2.45, 2.75) is 12.1 Å². The van der Waals surface area contributed by atoms with Gasteiger partial charge in [-0.25, -0.2) is 9.37 Å². The summed E-state index contributed by atoms with van der Waals surface area (Å²) < 4.78 is 12.8. The van der Waals surface area contributed by atoms with Gasteiger partial charge in [0.1, 0.15) is 5.82 Å². The van der Waals surface area contributed by atoms with Crippen LogP contribution < -0.4 is 10.9 Å². The molecule has 0 spiro atoms. The maximum absolute atomic E-state index is 12.8. The molecule has 0 aliphatic heterocycles. The third-order valence-electron chi connectivity index (χ3n) is 3.38. The van der Waals surface area contributed by atoms with Gasteiger partial charge in [-0.05, 0) is 48.9 Å². The highest BCUT2D eigenvalue weighted by Crippen LogP contribution is 2.20. The Balaban J connectivity index is 1.50. The highest BCUT2D eigenvalue weighted by Gasteiger charge is 2.10. The summed E-state index contributed by atoms with van der Waals surface area (Å²) in [7, 11) is 0. The van der Waals surface area contributed by atoms with Crippen LogP contribution in [0.2, 0.25) is 0 Å². The van der Waals surface area contributed by atoms with Gasteiger partial charge in [0.05, 0.1) is 16.8 Å². The second kappa shape index (κ2) is 7.35. The van der Waals surface area contributed by atoms with E-state index in [1.165, 1.54) is 36.0 Å². The van der Waals surface area contributed by atoms with Crippen LogP contribution in [0, 0.1) is 12.7 Å². The molecule has 0 atom stereocenters. The molecule has 0 fully saturated rings. The van der Waals surface area contributed by atoms with Crippen LogP contribution >= 0.6 is 11.8 Å². The summed E-state index contributed by atoms with van der Waals surface area (Å²) in [6.07, 6.45) is 0. The number of aryl methyl sites for hydroxylation is 1. The number of hydrazine groups is 1. The van der Waals surface area contributed by atoms with Crippen LogP contribution in [-0.4, -0.2) is 27.5 Å². The normalized spacial score (nSPS) is 10.6. The summed E-state index contributed by atoms with van der Waals surface area (Å²) in [6.45, 7) is 1.99. The molecule has 3 aromatic rings. The molecule has 3 N–H and O–H groups in total. The lowest BCUT2D eigenvalue weighted by Gasteiger charge is -2.06. The van der Waals surface area contributed by atoms with Crippen molar-refractivity contribution in [3.63, 3.8) is 0 Å². The summed E-state index contributed by atoms with van der Waals surface area (Å²) >= 11 is 1.23. The molecule has 1 aromatic heterocycles. The first kappa shape index (κ1) is 17.0. The van der Waals surface area contributed by atoms with E-state index < -0.39 is 11.7 Å². The van der Waals surface area contributed by atoms with Crippen molar-refractivity contribution in [1.29, 1.82) is 0 Å². The third kappa shape index (κ3) is 4.36. The van der Waals surface area contributed by atoms with Gasteiger partial charge >= 0.3 is 0 Å². The maximum Gasteiger partial charge on any atom is 0.269 e. The minimum Gasteiger partial charge on any atom is -0.333 e. The smallest absolute Gasteiger partial charge is 0.269 e. The van der Waals surface area contributed by atoms with Gasteiger partial charge in [-0.3, -0.25) is 20.4 Å². The van der Waals surface area contributed by atoms with Crippen molar-refractivity contribution < 1.29 is 14.0 Å². The van der Waals surface area contributed by atoms with E-state index in [-0.39, 0.29) is 17.2 Å². The Hall–Kier alpha value is -2.87. The lowest BCUT2D eigenvalue weighted by molar-refractivity contribution is -0.119. The largest absolute Gasteiger partial charge is 0.333 e. The molecular weight excluding hydrogens is 343 g/mol. The first-order chi connectivity index (χ1) is 12.0. The zero-order valence-corrected chi connectivity index (χ0v) is 14.1. The van der Waals surface area contributed by atoms with Crippen molar-refractivity contribution in [2.75, 3.05) is 5.75 Å². The van der Waals surface area contributed by atoms with Crippen LogP contribution in [0.25, 0.3) is 11.0 Å². The second-order valence-corrected chi connectivity index (χ2v) is 6.32. The SMILES string of the molecule is Cc1ccc2nc(SCC(=O)NNC(=O)c3ccc(F)cc3)[nH]c2c1. The van der Waals surface area contributed by atoms with E-state index in [1.807, 2.05) is 25.1 Å². The molecule has 0 saturated heterocycles. The number of hydrogen-bond donors (Lipinski definition) is 3. The van der Waals surface area contributed by atoms with E-state index in [1.54, 1.807) is 0 Å². The number of carbonyl (C=O) groups is 2. The van der Waals surface area contributed by atoms with Crippen molar-refractivity contribution in [3.05, 3.63) is 59.4 Å². The molecule has 3 rings (SSSR count). The number of H-pyrrole nitrogens is 1. The van der Waals surface area contributed by atoms with Gasteiger partial charge in [-0.1, -0.05) is 17.8 Å². The van der Waals surface area contributed by atoms with Gasteiger partial charge in [0, 0.05) is 5.56 Å². The topological polar surface area (TPSA) is 86.9 Å². The summed E-state index contributed by atoms with van der Waals surface area (Å²) in [6, 6.07) is 10.9. The maximum atomic E-state index is 12.8. The van der Waals surface area contributed by atoms with E-state index in [2.05, 4.69) is 20.8 Å². The quantitative estimate of drug-likeness (QED) is 0.494. The molecular formula is C17H15FN4O2S. The first-order valence-electron chi connectivity index (χ1n) is 7.45. The van der Waals surface area contributed by atoms with Crippen molar-refractivity contribution in [1.82, 2.24) is 20.8 Å². The van der Waals surface area contributed by atoms with Crippen molar-refractivity contribution in [3.8, 4) is 0 Å². The number of aromatic nitrogens is 2. The van der Waals surface area contributed by atoms with Gasteiger partial charge in [0.25, 0.3) is 5.91 Å². The summed E-state index contributed by atoms with van der Waals surface area (Å²) in [4.78, 5) is 31.2. The van der Waals surface area contributed by atoms with E-state index in [4.69, 9.17) is 0 Å². The van der Waals surface area contributed by atoms with Gasteiger partial charge < -0.3 is 4.98 Å². The molecule has 0 aliphatic carbocycles. The molecule has 0 unspecified atom stereocenters. The summed E-state index contributed by atoms with van der Waals surface area (Å²) in [5, 5.41) is 0.626. The number of amides is 2. The Kier molecular flexibility index (Phi) is 4.99. The molecule has 8 heteroatoms. The van der Waals surface area contributed by atoms with E-state index in [0.29, 0.717) is 5.16 Å². The predicted octanol–water partition coefficient (Wildman–Crippen LogP) is 2.56. The Morgan fingerprint density at radius 1 is 1.16 bits per heavy atom. The standard InChI is InChI=1S/C17H15FN4O2S/c1-10-2-7-13-14(8-10)20-17(19-13)25-9-15(23)21-22-16(24)11-3-5-12(18)6-4-11/h2-8H,9H2,1H3,(H,19,20)(H,21,23)(H,22,24). The monoisotopic (exact) mass is 358 g/mol. The Morgan fingerprint density at radius 2 is 1.92 bits per heavy atom. The molecule has 25 heavy (non-hydrogen) atoms. The molecule has 0 radical (unpaired) electrons. The molecule has 6 nitrogen and oxygen atoms in total. The number of hydrogen-bond acceptors (Lipinski definition) is 4. The zero-order valence-electron chi connectivity index (χ0n) is 13.3. The highest BCUT2D eigenvalue weighted by atomic mass is 32.2. The fourth-order valence-electron chi connectivity index (χ4n) is 2.14. The van der Waals surface area contributed by atoms with Crippen molar-refractivity contribution >= 4 is 34.6 Å². The van der Waals surface area contributed by atoms with Crippen LogP contribution in [-0.2, 0) is 4.79 Å². The second-order valence-electron chi connectivity index (χ2n) is 5.36. The average molecular weight is 358 g/mol. The number of carbonyl (C=O) groups excluding carboxylic acids is 2. The minimum atomic E-state index is -0.516.